The highest BCUT2D eigenvalue weighted by molar-refractivity contribution is 9.10. The molecule has 0 unspecified atom stereocenters. The van der Waals surface area contributed by atoms with Crippen molar-refractivity contribution in [2.24, 2.45) is 0 Å². The van der Waals surface area contributed by atoms with Gasteiger partial charge in [-0.15, -0.1) is 0 Å². The molecule has 43 heavy (non-hydrogen) atoms. The molecule has 0 radical (unpaired) electrons. The van der Waals surface area contributed by atoms with Crippen molar-refractivity contribution in [1.82, 2.24) is 10.2 Å². The predicted octanol–water partition coefficient (Wildman–Crippen LogP) is 6.74. The maximum atomic E-state index is 14.0. The van der Waals surface area contributed by atoms with Gasteiger partial charge in [0.2, 0.25) is 21.8 Å². The second kappa shape index (κ2) is 15.7. The Balaban J connectivity index is 1.58. The van der Waals surface area contributed by atoms with E-state index in [9.17, 15) is 18.0 Å². The molecule has 1 aliphatic carbocycles. The summed E-state index contributed by atoms with van der Waals surface area (Å²) in [6.45, 7) is 0.370. The van der Waals surface area contributed by atoms with Crippen LogP contribution in [0.5, 0.6) is 0 Å². The third-order valence-corrected chi connectivity index (χ3v) is 9.67. The lowest BCUT2D eigenvalue weighted by molar-refractivity contribution is -0.141. The van der Waals surface area contributed by atoms with Gasteiger partial charge in [-0.05, 0) is 66.8 Å². The Morgan fingerprint density at radius 3 is 2.28 bits per heavy atom. The van der Waals surface area contributed by atoms with Crippen LogP contribution in [-0.4, -0.2) is 50.0 Å². The summed E-state index contributed by atoms with van der Waals surface area (Å²) in [5, 5.41) is 3.76. The molecule has 1 saturated carbocycles. The number of halogens is 2. The molecule has 1 fully saturated rings. The lowest BCUT2D eigenvalue weighted by Crippen LogP contribution is -2.52. The Bertz CT molecular complexity index is 1460. The number of carbonyl (C=O) groups excluding carboxylic acids is 2. The van der Waals surface area contributed by atoms with Crippen LogP contribution in [-0.2, 0) is 32.6 Å². The maximum absolute atomic E-state index is 14.0. The van der Waals surface area contributed by atoms with Crippen molar-refractivity contribution >= 4 is 55.1 Å². The Labute approximate surface area is 268 Å². The first-order chi connectivity index (χ1) is 20.6. The van der Waals surface area contributed by atoms with Crippen LogP contribution in [0.15, 0.2) is 83.3 Å². The van der Waals surface area contributed by atoms with Gasteiger partial charge < -0.3 is 10.2 Å². The van der Waals surface area contributed by atoms with Crippen molar-refractivity contribution < 1.29 is 18.0 Å². The molecule has 0 aromatic heterocycles. The van der Waals surface area contributed by atoms with Gasteiger partial charge in [0.25, 0.3) is 0 Å². The van der Waals surface area contributed by atoms with Crippen LogP contribution in [0.25, 0.3) is 0 Å². The molecule has 2 amide bonds. The highest BCUT2D eigenvalue weighted by atomic mass is 79.9. The number of nitrogens with one attached hydrogen (secondary N) is 1. The van der Waals surface area contributed by atoms with Crippen LogP contribution in [0.2, 0.25) is 5.02 Å². The molecule has 3 aromatic rings. The molecule has 0 aliphatic heterocycles. The molecule has 0 spiro atoms. The smallest absolute Gasteiger partial charge is 0.243 e. The summed E-state index contributed by atoms with van der Waals surface area (Å²) >= 11 is 9.53. The van der Waals surface area contributed by atoms with Crippen LogP contribution in [0.1, 0.15) is 56.1 Å². The first kappa shape index (κ1) is 33.0. The zero-order valence-corrected chi connectivity index (χ0v) is 27.6. The quantitative estimate of drug-likeness (QED) is 0.216. The van der Waals surface area contributed by atoms with Gasteiger partial charge in [-0.2, -0.15) is 0 Å². The van der Waals surface area contributed by atoms with Crippen LogP contribution >= 0.6 is 27.5 Å². The first-order valence-corrected chi connectivity index (χ1v) is 17.7. The average molecular weight is 689 g/mol. The van der Waals surface area contributed by atoms with E-state index in [1.165, 1.54) is 10.7 Å². The van der Waals surface area contributed by atoms with Crippen LogP contribution in [0, 0.1) is 0 Å². The van der Waals surface area contributed by atoms with Crippen molar-refractivity contribution in [3.8, 4) is 0 Å². The highest BCUT2D eigenvalue weighted by Crippen LogP contribution is 2.23. The van der Waals surface area contributed by atoms with Gasteiger partial charge in [0, 0.05) is 41.5 Å². The van der Waals surface area contributed by atoms with Crippen molar-refractivity contribution in [2.75, 3.05) is 17.1 Å². The molecule has 7 nitrogen and oxygen atoms in total. The Morgan fingerprint density at radius 1 is 0.953 bits per heavy atom. The molecule has 230 valence electrons. The fraction of sp³-hybridized carbons (Fsp3) is 0.394. The molecule has 10 heteroatoms. The normalized spacial score (nSPS) is 14.6. The molecular formula is C33H39BrClN3O4S. The molecule has 4 rings (SSSR count). The van der Waals surface area contributed by atoms with Crippen LogP contribution < -0.4 is 9.62 Å². The highest BCUT2D eigenvalue weighted by Gasteiger charge is 2.32. The molecule has 1 atom stereocenters. The SMILES string of the molecule is CS(=O)(=O)N(CCCC(=O)N(Cc1cccc(Br)c1)[C@@H](Cc1ccccc1)C(=O)NC1CCCCC1)c1ccc(Cl)cc1. The van der Waals surface area contributed by atoms with Gasteiger partial charge in [0.1, 0.15) is 6.04 Å². The minimum atomic E-state index is -3.59. The summed E-state index contributed by atoms with van der Waals surface area (Å²) in [7, 11) is -3.59. The standard InChI is InChI=1S/C33H39BrClN3O4S/c1-43(41,42)38(30-19-17-28(35)18-20-30)21-9-16-32(39)37(24-26-12-8-13-27(34)22-26)31(23-25-10-4-2-5-11-25)33(40)36-29-14-6-3-7-15-29/h2,4-5,8,10-13,17-20,22,29,31H,3,6-7,9,14-16,21,23-24H2,1H3,(H,36,40)/t31-/m0/s1. The summed E-state index contributed by atoms with van der Waals surface area (Å²) in [5.74, 6) is -0.359. The summed E-state index contributed by atoms with van der Waals surface area (Å²) in [5.41, 5.74) is 2.34. The van der Waals surface area contributed by atoms with E-state index in [4.69, 9.17) is 11.6 Å². The summed E-state index contributed by atoms with van der Waals surface area (Å²) < 4.78 is 27.4. The zero-order valence-electron chi connectivity index (χ0n) is 24.4. The number of nitrogens with zero attached hydrogens (tertiary/aromatic N) is 2. The van der Waals surface area contributed by atoms with E-state index in [1.54, 1.807) is 29.2 Å². The van der Waals surface area contributed by atoms with Gasteiger partial charge in [0.15, 0.2) is 0 Å². The molecule has 3 aromatic carbocycles. The summed E-state index contributed by atoms with van der Waals surface area (Å²) in [6.07, 6.45) is 7.10. The summed E-state index contributed by atoms with van der Waals surface area (Å²) in [4.78, 5) is 29.6. The van der Waals surface area contributed by atoms with Crippen molar-refractivity contribution in [3.63, 3.8) is 0 Å². The van der Waals surface area contributed by atoms with E-state index < -0.39 is 16.1 Å². The maximum Gasteiger partial charge on any atom is 0.243 e. The van der Waals surface area contributed by atoms with E-state index in [0.29, 0.717) is 17.1 Å². The van der Waals surface area contributed by atoms with E-state index in [2.05, 4.69) is 21.2 Å². The number of hydrogen-bond donors (Lipinski definition) is 1. The zero-order chi connectivity index (χ0) is 30.8. The number of rotatable bonds is 13. The first-order valence-electron chi connectivity index (χ1n) is 14.7. The molecule has 1 aliphatic rings. The number of benzene rings is 3. The molecule has 0 heterocycles. The van der Waals surface area contributed by atoms with E-state index in [-0.39, 0.29) is 43.8 Å². The number of amides is 2. The van der Waals surface area contributed by atoms with Gasteiger partial charge in [-0.25, -0.2) is 8.42 Å². The molecule has 0 saturated heterocycles. The monoisotopic (exact) mass is 687 g/mol. The van der Waals surface area contributed by atoms with Crippen LogP contribution in [0.4, 0.5) is 5.69 Å². The van der Waals surface area contributed by atoms with Crippen LogP contribution in [0.3, 0.4) is 0 Å². The van der Waals surface area contributed by atoms with Gasteiger partial charge in [-0.3, -0.25) is 13.9 Å². The fourth-order valence-corrected chi connectivity index (χ4v) is 7.08. The Hall–Kier alpha value is -2.88. The molecule has 0 bridgehead atoms. The van der Waals surface area contributed by atoms with Gasteiger partial charge in [-0.1, -0.05) is 89.3 Å². The van der Waals surface area contributed by atoms with Crippen molar-refractivity contribution in [3.05, 3.63) is 99.5 Å². The van der Waals surface area contributed by atoms with Crippen molar-refractivity contribution in [1.29, 1.82) is 0 Å². The average Bonchev–Trinajstić information content (AvgIpc) is 2.98. The predicted molar refractivity (Wildman–Crippen MR) is 177 cm³/mol. The lowest BCUT2D eigenvalue weighted by atomic mass is 9.94. The minimum absolute atomic E-state index is 0.0790. The van der Waals surface area contributed by atoms with E-state index in [0.717, 1.165) is 47.5 Å². The Morgan fingerprint density at radius 2 is 1.63 bits per heavy atom. The molecular weight excluding hydrogens is 650 g/mol. The lowest BCUT2D eigenvalue weighted by Gasteiger charge is -2.34. The molecule has 1 N–H and O–H groups in total. The third-order valence-electron chi connectivity index (χ3n) is 7.73. The number of sulfonamides is 1. The van der Waals surface area contributed by atoms with Gasteiger partial charge in [0.05, 0.1) is 11.9 Å². The number of carbonyl (C=O) groups is 2. The topological polar surface area (TPSA) is 86.8 Å². The Kier molecular flexibility index (Phi) is 12.1. The van der Waals surface area contributed by atoms with Crippen molar-refractivity contribution in [2.45, 2.75) is 70.0 Å². The van der Waals surface area contributed by atoms with E-state index in [1.807, 2.05) is 54.6 Å². The van der Waals surface area contributed by atoms with Gasteiger partial charge >= 0.3 is 0 Å². The largest absolute Gasteiger partial charge is 0.352 e. The number of anilines is 1. The second-order valence-electron chi connectivity index (χ2n) is 11.1. The fourth-order valence-electron chi connectivity index (χ4n) is 5.54. The second-order valence-corrected chi connectivity index (χ2v) is 14.4. The number of hydrogen-bond acceptors (Lipinski definition) is 4. The van der Waals surface area contributed by atoms with E-state index >= 15 is 0 Å². The third kappa shape index (κ3) is 10.1. The minimum Gasteiger partial charge on any atom is -0.352 e. The summed E-state index contributed by atoms with van der Waals surface area (Å²) in [6, 6.07) is 23.4.